The van der Waals surface area contributed by atoms with Crippen molar-refractivity contribution in [2.75, 3.05) is 23.3 Å². The smallest absolute Gasteiger partial charge is 0.205 e. The van der Waals surface area contributed by atoms with Gasteiger partial charge in [0.15, 0.2) is 0 Å². The molecule has 0 unspecified atom stereocenters. The maximum atomic E-state index is 12.4. The molecule has 0 spiro atoms. The zero-order valence-electron chi connectivity index (χ0n) is 10.7. The molecule has 0 atom stereocenters. The summed E-state index contributed by atoms with van der Waals surface area (Å²) < 4.78 is 0. The second-order valence-corrected chi connectivity index (χ2v) is 5.55. The lowest BCUT2D eigenvalue weighted by Crippen LogP contribution is -2.03. The Balaban J connectivity index is 2.34. The van der Waals surface area contributed by atoms with Crippen LogP contribution in [0.4, 0.5) is 16.4 Å². The van der Waals surface area contributed by atoms with Crippen LogP contribution in [0.1, 0.15) is 15.2 Å². The van der Waals surface area contributed by atoms with Crippen LogP contribution in [0.3, 0.4) is 0 Å². The number of rotatable bonds is 5. The minimum Gasteiger partial charge on any atom is -0.396 e. The van der Waals surface area contributed by atoms with E-state index in [1.54, 1.807) is 30.3 Å². The highest BCUT2D eigenvalue weighted by molar-refractivity contribution is 7.19. The van der Waals surface area contributed by atoms with Gasteiger partial charge in [-0.2, -0.15) is 0 Å². The Kier molecular flexibility index (Phi) is 4.32. The minimum atomic E-state index is -0.164. The molecule has 4 nitrogen and oxygen atoms in total. The lowest BCUT2D eigenvalue weighted by molar-refractivity contribution is 0.104. The van der Waals surface area contributed by atoms with Crippen LogP contribution in [0.5, 0.6) is 0 Å². The molecule has 0 fully saturated rings. The van der Waals surface area contributed by atoms with Crippen LogP contribution in [0, 0.1) is 0 Å². The summed E-state index contributed by atoms with van der Waals surface area (Å²) in [6.45, 7) is 4.17. The van der Waals surface area contributed by atoms with Crippen molar-refractivity contribution < 1.29 is 4.79 Å². The zero-order valence-corrected chi connectivity index (χ0v) is 12.2. The van der Waals surface area contributed by atoms with Crippen LogP contribution < -0.4 is 16.8 Å². The molecule has 0 amide bonds. The monoisotopic (exact) mass is 307 g/mol. The van der Waals surface area contributed by atoms with Gasteiger partial charge in [0.25, 0.3) is 0 Å². The lowest BCUT2D eigenvalue weighted by atomic mass is 10.1. The molecular weight excluding hydrogens is 294 g/mol. The third-order valence-electron chi connectivity index (χ3n) is 2.70. The molecule has 2 aromatic rings. The fourth-order valence-corrected chi connectivity index (χ4v) is 2.79. The Morgan fingerprint density at radius 1 is 1.30 bits per heavy atom. The average molecular weight is 308 g/mol. The number of carbonyl (C=O) groups excluding carboxylic acids is 1. The van der Waals surface area contributed by atoms with Gasteiger partial charge in [-0.05, 0) is 24.3 Å². The molecule has 0 bridgehead atoms. The summed E-state index contributed by atoms with van der Waals surface area (Å²) in [6.07, 6.45) is 1.70. The van der Waals surface area contributed by atoms with Crippen molar-refractivity contribution in [2.45, 2.75) is 0 Å². The summed E-state index contributed by atoms with van der Waals surface area (Å²) >= 11 is 7.05. The molecule has 0 radical (unpaired) electrons. The molecule has 1 aromatic carbocycles. The number of nitrogens with one attached hydrogen (secondary N) is 1. The van der Waals surface area contributed by atoms with Gasteiger partial charge in [-0.3, -0.25) is 4.79 Å². The number of nitrogen functional groups attached to an aromatic ring is 2. The van der Waals surface area contributed by atoms with Crippen molar-refractivity contribution in [1.82, 2.24) is 0 Å². The highest BCUT2D eigenvalue weighted by atomic mass is 35.5. The van der Waals surface area contributed by atoms with Crippen molar-refractivity contribution in [3.63, 3.8) is 0 Å². The van der Waals surface area contributed by atoms with Crippen LogP contribution in [-0.2, 0) is 0 Å². The SMILES string of the molecule is C=CCNc1sc(C(=O)c2ccc(Cl)cc2)c(N)c1N. The normalized spacial score (nSPS) is 10.2. The van der Waals surface area contributed by atoms with Crippen molar-refractivity contribution >= 4 is 45.1 Å². The lowest BCUT2D eigenvalue weighted by Gasteiger charge is -2.00. The molecule has 0 saturated heterocycles. The molecule has 0 aliphatic rings. The largest absolute Gasteiger partial charge is 0.396 e. The van der Waals surface area contributed by atoms with E-state index in [2.05, 4.69) is 11.9 Å². The second-order valence-electron chi connectivity index (χ2n) is 4.09. The van der Waals surface area contributed by atoms with E-state index in [1.807, 2.05) is 0 Å². The molecule has 5 N–H and O–H groups in total. The van der Waals surface area contributed by atoms with Gasteiger partial charge < -0.3 is 16.8 Å². The minimum absolute atomic E-state index is 0.164. The summed E-state index contributed by atoms with van der Waals surface area (Å²) in [6, 6.07) is 6.66. The number of ketones is 1. The predicted octanol–water partition coefficient (Wildman–Crippen LogP) is 3.39. The number of benzene rings is 1. The summed E-state index contributed by atoms with van der Waals surface area (Å²) in [5.41, 5.74) is 13.0. The molecular formula is C14H14ClN3OS. The Bertz CT molecular complexity index is 649. The first-order valence-electron chi connectivity index (χ1n) is 5.87. The first kappa shape index (κ1) is 14.4. The molecule has 6 heteroatoms. The fraction of sp³-hybridized carbons (Fsp3) is 0.0714. The highest BCUT2D eigenvalue weighted by Gasteiger charge is 2.20. The molecule has 104 valence electrons. The predicted molar refractivity (Wildman–Crippen MR) is 86.7 cm³/mol. The van der Waals surface area contributed by atoms with E-state index >= 15 is 0 Å². The standard InChI is InChI=1S/C14H14ClN3OS/c1-2-7-18-14-11(17)10(16)13(20-14)12(19)8-3-5-9(15)6-4-8/h2-6,18H,1,7,16-17H2. The number of hydrogen-bond acceptors (Lipinski definition) is 5. The van der Waals surface area contributed by atoms with Gasteiger partial charge in [-0.25, -0.2) is 0 Å². The van der Waals surface area contributed by atoms with Crippen LogP contribution in [-0.4, -0.2) is 12.3 Å². The Morgan fingerprint density at radius 2 is 1.95 bits per heavy atom. The van der Waals surface area contributed by atoms with E-state index in [0.29, 0.717) is 38.4 Å². The number of thiophene rings is 1. The van der Waals surface area contributed by atoms with Gasteiger partial charge in [0.1, 0.15) is 9.88 Å². The van der Waals surface area contributed by atoms with Gasteiger partial charge in [0, 0.05) is 17.1 Å². The average Bonchev–Trinajstić information content (AvgIpc) is 2.73. The van der Waals surface area contributed by atoms with E-state index in [0.717, 1.165) is 0 Å². The van der Waals surface area contributed by atoms with Gasteiger partial charge >= 0.3 is 0 Å². The maximum absolute atomic E-state index is 12.4. The van der Waals surface area contributed by atoms with Gasteiger partial charge in [0.05, 0.1) is 11.4 Å². The Hall–Kier alpha value is -1.98. The van der Waals surface area contributed by atoms with Crippen molar-refractivity contribution in [2.24, 2.45) is 0 Å². The Morgan fingerprint density at radius 3 is 2.55 bits per heavy atom. The first-order valence-corrected chi connectivity index (χ1v) is 7.06. The zero-order chi connectivity index (χ0) is 14.7. The van der Waals surface area contributed by atoms with E-state index in [1.165, 1.54) is 11.3 Å². The molecule has 0 aliphatic carbocycles. The van der Waals surface area contributed by atoms with Gasteiger partial charge in [0.2, 0.25) is 5.78 Å². The molecule has 1 aromatic heterocycles. The van der Waals surface area contributed by atoms with Crippen molar-refractivity contribution in [3.05, 3.63) is 52.4 Å². The number of hydrogen-bond donors (Lipinski definition) is 3. The van der Waals surface area contributed by atoms with E-state index < -0.39 is 0 Å². The van der Waals surface area contributed by atoms with Crippen LogP contribution in [0.25, 0.3) is 0 Å². The van der Waals surface area contributed by atoms with E-state index in [4.69, 9.17) is 23.1 Å². The summed E-state index contributed by atoms with van der Waals surface area (Å²) in [5, 5.41) is 4.32. The van der Waals surface area contributed by atoms with E-state index in [-0.39, 0.29) is 5.78 Å². The van der Waals surface area contributed by atoms with Crippen LogP contribution >= 0.6 is 22.9 Å². The maximum Gasteiger partial charge on any atom is 0.205 e. The summed E-state index contributed by atoms with van der Waals surface area (Å²) in [5.74, 6) is -0.164. The number of anilines is 3. The van der Waals surface area contributed by atoms with Gasteiger partial charge in [-0.1, -0.05) is 17.7 Å². The molecule has 20 heavy (non-hydrogen) atoms. The van der Waals surface area contributed by atoms with Crippen LogP contribution in [0.15, 0.2) is 36.9 Å². The second kappa shape index (κ2) is 5.98. The summed E-state index contributed by atoms with van der Waals surface area (Å²) in [7, 11) is 0. The number of halogens is 1. The number of carbonyl (C=O) groups is 1. The Labute approximate surface area is 126 Å². The van der Waals surface area contributed by atoms with Crippen molar-refractivity contribution in [3.8, 4) is 0 Å². The third kappa shape index (κ3) is 2.79. The fourth-order valence-electron chi connectivity index (χ4n) is 1.65. The first-order chi connectivity index (χ1) is 9.54. The molecule has 0 aliphatic heterocycles. The topological polar surface area (TPSA) is 81.1 Å². The van der Waals surface area contributed by atoms with Crippen LogP contribution in [0.2, 0.25) is 5.02 Å². The number of nitrogens with two attached hydrogens (primary N) is 2. The van der Waals surface area contributed by atoms with E-state index in [9.17, 15) is 4.79 Å². The molecule has 2 rings (SSSR count). The highest BCUT2D eigenvalue weighted by Crippen LogP contribution is 2.39. The molecule has 1 heterocycles. The third-order valence-corrected chi connectivity index (χ3v) is 4.13. The van der Waals surface area contributed by atoms with Crippen molar-refractivity contribution in [1.29, 1.82) is 0 Å². The summed E-state index contributed by atoms with van der Waals surface area (Å²) in [4.78, 5) is 12.8. The van der Waals surface area contributed by atoms with Gasteiger partial charge in [-0.15, -0.1) is 17.9 Å². The quantitative estimate of drug-likeness (QED) is 0.584. The molecule has 0 saturated carbocycles.